The molecule has 0 unspecified atom stereocenters. The second-order valence-electron chi connectivity index (χ2n) is 4.20. The van der Waals surface area contributed by atoms with Crippen molar-refractivity contribution in [3.8, 4) is 16.9 Å². The molecule has 1 heterocycles. The number of carbonyl (C=O) groups excluding carboxylic acids is 1. The normalized spacial score (nSPS) is 10.4. The smallest absolute Gasteiger partial charge is 0.172 e. The number of benzene rings is 2. The van der Waals surface area contributed by atoms with Crippen LogP contribution >= 0.6 is 0 Å². The van der Waals surface area contributed by atoms with Crippen molar-refractivity contribution in [2.45, 2.75) is 0 Å². The van der Waals surface area contributed by atoms with Crippen LogP contribution in [0.3, 0.4) is 0 Å². The van der Waals surface area contributed by atoms with Crippen molar-refractivity contribution < 1.29 is 9.18 Å². The lowest BCUT2D eigenvalue weighted by Crippen LogP contribution is -2.00. The summed E-state index contributed by atoms with van der Waals surface area (Å²) in [4.78, 5) is 11.1. The Morgan fingerprint density at radius 1 is 1.00 bits per heavy atom. The van der Waals surface area contributed by atoms with Crippen molar-refractivity contribution in [3.63, 3.8) is 0 Å². The maximum Gasteiger partial charge on any atom is 0.172 e. The van der Waals surface area contributed by atoms with E-state index in [1.54, 1.807) is 12.1 Å². The van der Waals surface area contributed by atoms with Gasteiger partial charge in [-0.15, -0.1) is 5.10 Å². The lowest BCUT2D eigenvalue weighted by molar-refractivity contribution is 0.111. The maximum atomic E-state index is 13.0. The average molecular weight is 267 g/mol. The highest BCUT2D eigenvalue weighted by Crippen LogP contribution is 2.24. The second kappa shape index (κ2) is 5.05. The second-order valence-corrected chi connectivity index (χ2v) is 4.20. The van der Waals surface area contributed by atoms with Crippen molar-refractivity contribution in [3.05, 3.63) is 66.1 Å². The number of aromatic nitrogens is 3. The topological polar surface area (TPSA) is 47.8 Å². The third-order valence-electron chi connectivity index (χ3n) is 2.93. The number of rotatable bonds is 3. The van der Waals surface area contributed by atoms with Gasteiger partial charge in [0.05, 0.1) is 5.69 Å². The molecule has 0 aliphatic heterocycles. The summed E-state index contributed by atoms with van der Waals surface area (Å²) in [5.41, 5.74) is 2.31. The van der Waals surface area contributed by atoms with Crippen LogP contribution in [0.25, 0.3) is 16.9 Å². The Bertz CT molecular complexity index is 736. The average Bonchev–Trinajstić information content (AvgIpc) is 2.93. The lowest BCUT2D eigenvalue weighted by atomic mass is 10.1. The van der Waals surface area contributed by atoms with E-state index in [1.165, 1.54) is 16.8 Å². The molecular weight excluding hydrogens is 257 g/mol. The van der Waals surface area contributed by atoms with E-state index in [-0.39, 0.29) is 11.5 Å². The number of carbonyl (C=O) groups is 1. The van der Waals surface area contributed by atoms with Crippen molar-refractivity contribution >= 4 is 6.29 Å². The molecule has 0 spiro atoms. The van der Waals surface area contributed by atoms with Gasteiger partial charge in [0, 0.05) is 5.56 Å². The standard InChI is InChI=1S/C15H10FN3O/c16-12-6-8-13(9-7-12)19-15(14(10-20)17-18-19)11-4-2-1-3-5-11/h1-10H. The quantitative estimate of drug-likeness (QED) is 0.685. The summed E-state index contributed by atoms with van der Waals surface area (Å²) < 4.78 is 14.5. The summed E-state index contributed by atoms with van der Waals surface area (Å²) in [6.07, 6.45) is 0.662. The molecule has 3 aromatic rings. The first-order valence-electron chi connectivity index (χ1n) is 6.02. The van der Waals surface area contributed by atoms with E-state index in [0.29, 0.717) is 17.7 Å². The van der Waals surface area contributed by atoms with Gasteiger partial charge >= 0.3 is 0 Å². The van der Waals surface area contributed by atoms with Gasteiger partial charge in [-0.3, -0.25) is 4.79 Å². The Kier molecular flexibility index (Phi) is 3.09. The van der Waals surface area contributed by atoms with Crippen LogP contribution in [0.1, 0.15) is 10.5 Å². The third kappa shape index (κ3) is 2.09. The summed E-state index contributed by atoms with van der Waals surface area (Å²) >= 11 is 0. The predicted octanol–water partition coefficient (Wildman–Crippen LogP) is 2.89. The largest absolute Gasteiger partial charge is 0.296 e. The molecule has 0 N–H and O–H groups in total. The SMILES string of the molecule is O=Cc1nnn(-c2ccc(F)cc2)c1-c1ccccc1. The van der Waals surface area contributed by atoms with Crippen molar-refractivity contribution in [1.29, 1.82) is 0 Å². The Morgan fingerprint density at radius 3 is 2.35 bits per heavy atom. The Balaban J connectivity index is 2.20. The van der Waals surface area contributed by atoms with Crippen molar-refractivity contribution in [1.82, 2.24) is 15.0 Å². The molecule has 0 atom stereocenters. The first-order valence-corrected chi connectivity index (χ1v) is 6.02. The van der Waals surface area contributed by atoms with Gasteiger partial charge in [-0.1, -0.05) is 35.5 Å². The van der Waals surface area contributed by atoms with Gasteiger partial charge in [0.15, 0.2) is 12.0 Å². The zero-order valence-corrected chi connectivity index (χ0v) is 10.4. The van der Waals surface area contributed by atoms with Crippen LogP contribution in [0.2, 0.25) is 0 Å². The van der Waals surface area contributed by atoms with Crippen LogP contribution in [0.5, 0.6) is 0 Å². The summed E-state index contributed by atoms with van der Waals surface area (Å²) in [6, 6.07) is 15.2. The Hall–Kier alpha value is -2.82. The zero-order chi connectivity index (χ0) is 13.9. The molecule has 3 rings (SSSR count). The number of halogens is 1. The molecule has 0 bridgehead atoms. The highest BCUT2D eigenvalue weighted by atomic mass is 19.1. The minimum absolute atomic E-state index is 0.250. The van der Waals surface area contributed by atoms with Crippen LogP contribution in [0.4, 0.5) is 4.39 Å². The minimum atomic E-state index is -0.328. The molecule has 2 aromatic carbocycles. The van der Waals surface area contributed by atoms with Crippen molar-refractivity contribution in [2.24, 2.45) is 0 Å². The highest BCUT2D eigenvalue weighted by molar-refractivity contribution is 5.83. The molecule has 5 heteroatoms. The van der Waals surface area contributed by atoms with Crippen LogP contribution in [0.15, 0.2) is 54.6 Å². The molecule has 1 aromatic heterocycles. The first kappa shape index (κ1) is 12.2. The Labute approximate surface area is 114 Å². The minimum Gasteiger partial charge on any atom is -0.296 e. The molecule has 0 fully saturated rings. The molecule has 0 saturated heterocycles. The van der Waals surface area contributed by atoms with Gasteiger partial charge in [-0.05, 0) is 24.3 Å². The van der Waals surface area contributed by atoms with Crippen LogP contribution in [-0.4, -0.2) is 21.3 Å². The van der Waals surface area contributed by atoms with Crippen LogP contribution in [0, 0.1) is 5.82 Å². The van der Waals surface area contributed by atoms with Crippen LogP contribution < -0.4 is 0 Å². The highest BCUT2D eigenvalue weighted by Gasteiger charge is 2.15. The molecule has 0 radical (unpaired) electrons. The summed E-state index contributed by atoms with van der Waals surface area (Å²) in [7, 11) is 0. The number of aldehydes is 1. The van der Waals surface area contributed by atoms with Gasteiger partial charge in [0.1, 0.15) is 11.5 Å². The number of hydrogen-bond donors (Lipinski definition) is 0. The van der Waals surface area contributed by atoms with E-state index in [9.17, 15) is 9.18 Å². The van der Waals surface area contributed by atoms with Gasteiger partial charge < -0.3 is 0 Å². The monoisotopic (exact) mass is 267 g/mol. The molecule has 0 aliphatic rings. The molecule has 0 saturated carbocycles. The van der Waals surface area contributed by atoms with Crippen LogP contribution in [-0.2, 0) is 0 Å². The van der Waals surface area contributed by atoms with Gasteiger partial charge in [0.25, 0.3) is 0 Å². The molecule has 20 heavy (non-hydrogen) atoms. The van der Waals surface area contributed by atoms with E-state index in [1.807, 2.05) is 30.3 Å². The van der Waals surface area contributed by atoms with Crippen molar-refractivity contribution in [2.75, 3.05) is 0 Å². The Morgan fingerprint density at radius 2 is 1.70 bits per heavy atom. The first-order chi connectivity index (χ1) is 9.79. The molecule has 0 aliphatic carbocycles. The van der Waals surface area contributed by atoms with E-state index in [0.717, 1.165) is 5.56 Å². The summed E-state index contributed by atoms with van der Waals surface area (Å²) in [5, 5.41) is 7.84. The predicted molar refractivity (Wildman–Crippen MR) is 72.1 cm³/mol. The van der Waals surface area contributed by atoms with Gasteiger partial charge in [-0.2, -0.15) is 0 Å². The molecule has 0 amide bonds. The van der Waals surface area contributed by atoms with E-state index in [4.69, 9.17) is 0 Å². The zero-order valence-electron chi connectivity index (χ0n) is 10.4. The third-order valence-corrected chi connectivity index (χ3v) is 2.93. The fraction of sp³-hybridized carbons (Fsp3) is 0. The summed E-state index contributed by atoms with van der Waals surface area (Å²) in [5.74, 6) is -0.328. The van der Waals surface area contributed by atoms with Gasteiger partial charge in [-0.25, -0.2) is 9.07 Å². The van der Waals surface area contributed by atoms with E-state index >= 15 is 0 Å². The summed E-state index contributed by atoms with van der Waals surface area (Å²) in [6.45, 7) is 0. The molecule has 4 nitrogen and oxygen atoms in total. The fourth-order valence-electron chi connectivity index (χ4n) is 2.00. The van der Waals surface area contributed by atoms with Gasteiger partial charge in [0.2, 0.25) is 0 Å². The number of nitrogens with zero attached hydrogens (tertiary/aromatic N) is 3. The molecular formula is C15H10FN3O. The van der Waals surface area contributed by atoms with E-state index < -0.39 is 0 Å². The fourth-order valence-corrected chi connectivity index (χ4v) is 2.00. The lowest BCUT2D eigenvalue weighted by Gasteiger charge is -2.06. The molecule has 98 valence electrons. The maximum absolute atomic E-state index is 13.0. The number of hydrogen-bond acceptors (Lipinski definition) is 3. The van der Waals surface area contributed by atoms with E-state index in [2.05, 4.69) is 10.3 Å².